The first-order chi connectivity index (χ1) is 6.70. The largest absolute Gasteiger partial charge is 0.395 e. The highest BCUT2D eigenvalue weighted by Crippen LogP contribution is 2.27. The van der Waals surface area contributed by atoms with Crippen molar-refractivity contribution >= 4 is 28.9 Å². The van der Waals surface area contributed by atoms with Crippen molar-refractivity contribution in [2.24, 2.45) is 0 Å². The second-order valence-electron chi connectivity index (χ2n) is 2.87. The fourth-order valence-corrected chi connectivity index (χ4v) is 1.73. The third-order valence-electron chi connectivity index (χ3n) is 1.91. The molecule has 1 rings (SSSR count). The van der Waals surface area contributed by atoms with E-state index in [-0.39, 0.29) is 6.61 Å². The number of aromatic nitrogens is 1. The molecule has 0 amide bonds. The van der Waals surface area contributed by atoms with Gasteiger partial charge in [0.2, 0.25) is 0 Å². The Morgan fingerprint density at radius 2 is 2.29 bits per heavy atom. The average molecular weight is 235 g/mol. The molecule has 0 saturated carbocycles. The van der Waals surface area contributed by atoms with Crippen molar-refractivity contribution in [3.63, 3.8) is 0 Å². The van der Waals surface area contributed by atoms with Crippen LogP contribution in [0.4, 0.5) is 5.69 Å². The minimum absolute atomic E-state index is 0.0887. The van der Waals surface area contributed by atoms with Crippen LogP contribution < -0.4 is 4.90 Å². The van der Waals surface area contributed by atoms with Crippen molar-refractivity contribution in [1.82, 2.24) is 4.98 Å². The van der Waals surface area contributed by atoms with Gasteiger partial charge in [-0.25, -0.2) is 0 Å². The summed E-state index contributed by atoms with van der Waals surface area (Å²) in [5.41, 5.74) is 1.50. The van der Waals surface area contributed by atoms with Crippen LogP contribution in [-0.2, 0) is 5.88 Å². The SMILES string of the molecule is CN(CCO)c1ccnc(CCl)c1Cl. The summed E-state index contributed by atoms with van der Waals surface area (Å²) in [6.07, 6.45) is 1.66. The number of alkyl halides is 1. The van der Waals surface area contributed by atoms with E-state index in [2.05, 4.69) is 4.98 Å². The van der Waals surface area contributed by atoms with Crippen LogP contribution in [0.15, 0.2) is 12.3 Å². The van der Waals surface area contributed by atoms with Crippen LogP contribution in [-0.4, -0.2) is 30.3 Å². The summed E-state index contributed by atoms with van der Waals surface area (Å²) in [4.78, 5) is 5.91. The fraction of sp³-hybridized carbons (Fsp3) is 0.444. The zero-order chi connectivity index (χ0) is 10.6. The van der Waals surface area contributed by atoms with Gasteiger partial charge in [-0.1, -0.05) is 11.6 Å². The molecule has 1 N–H and O–H groups in total. The molecule has 0 aliphatic carbocycles. The standard InChI is InChI=1S/C9H12Cl2N2O/c1-13(4-5-14)8-2-3-12-7(6-10)9(8)11/h2-3,14H,4-6H2,1H3. The van der Waals surface area contributed by atoms with Crippen LogP contribution in [0.3, 0.4) is 0 Å². The van der Waals surface area contributed by atoms with E-state index < -0.39 is 0 Å². The maximum atomic E-state index is 8.79. The van der Waals surface area contributed by atoms with Crippen molar-refractivity contribution in [1.29, 1.82) is 0 Å². The Balaban J connectivity index is 2.96. The molecule has 0 aliphatic rings. The van der Waals surface area contributed by atoms with Crippen LogP contribution >= 0.6 is 23.2 Å². The second kappa shape index (κ2) is 5.39. The smallest absolute Gasteiger partial charge is 0.0867 e. The van der Waals surface area contributed by atoms with Crippen molar-refractivity contribution in [2.75, 3.05) is 25.1 Å². The Labute approximate surface area is 93.3 Å². The first-order valence-electron chi connectivity index (χ1n) is 4.22. The lowest BCUT2D eigenvalue weighted by Gasteiger charge is -2.19. The fourth-order valence-electron chi connectivity index (χ4n) is 1.13. The van der Waals surface area contributed by atoms with Gasteiger partial charge in [-0.05, 0) is 6.07 Å². The molecule has 1 aromatic heterocycles. The molecule has 3 nitrogen and oxygen atoms in total. The monoisotopic (exact) mass is 234 g/mol. The molecular weight excluding hydrogens is 223 g/mol. The summed E-state index contributed by atoms with van der Waals surface area (Å²) in [6, 6.07) is 1.80. The lowest BCUT2D eigenvalue weighted by molar-refractivity contribution is 0.304. The number of likely N-dealkylation sites (N-methyl/N-ethyl adjacent to an activating group) is 1. The van der Waals surface area contributed by atoms with Gasteiger partial charge in [0.1, 0.15) is 0 Å². The maximum Gasteiger partial charge on any atom is 0.0867 e. The lowest BCUT2D eigenvalue weighted by Crippen LogP contribution is -2.21. The second-order valence-corrected chi connectivity index (χ2v) is 3.51. The molecule has 14 heavy (non-hydrogen) atoms. The van der Waals surface area contributed by atoms with Crippen LogP contribution in [0.25, 0.3) is 0 Å². The van der Waals surface area contributed by atoms with Crippen LogP contribution in [0.2, 0.25) is 5.02 Å². The van der Waals surface area contributed by atoms with Gasteiger partial charge in [-0.3, -0.25) is 4.98 Å². The molecular formula is C9H12Cl2N2O. The number of aliphatic hydroxyl groups excluding tert-OH is 1. The molecule has 0 unspecified atom stereocenters. The summed E-state index contributed by atoms with van der Waals surface area (Å²) in [7, 11) is 1.86. The number of aliphatic hydroxyl groups is 1. The normalized spacial score (nSPS) is 10.3. The minimum atomic E-state index is 0.0887. The number of halogens is 2. The zero-order valence-corrected chi connectivity index (χ0v) is 9.39. The van der Waals surface area contributed by atoms with Crippen molar-refractivity contribution in [3.8, 4) is 0 Å². The summed E-state index contributed by atoms with van der Waals surface area (Å²) < 4.78 is 0. The van der Waals surface area contributed by atoms with E-state index in [1.54, 1.807) is 12.3 Å². The molecule has 5 heteroatoms. The van der Waals surface area contributed by atoms with Crippen LogP contribution in [0.5, 0.6) is 0 Å². The topological polar surface area (TPSA) is 36.4 Å². The van der Waals surface area contributed by atoms with Gasteiger partial charge in [0, 0.05) is 19.8 Å². The molecule has 0 spiro atoms. The Hall–Kier alpha value is -0.510. The Bertz CT molecular complexity index is 307. The molecule has 0 atom stereocenters. The average Bonchev–Trinajstić information content (AvgIpc) is 2.18. The van der Waals surface area contributed by atoms with Crippen molar-refractivity contribution in [2.45, 2.75) is 5.88 Å². The third kappa shape index (κ3) is 2.50. The molecule has 0 radical (unpaired) electrons. The summed E-state index contributed by atoms with van der Waals surface area (Å²) in [5, 5.41) is 9.34. The first-order valence-corrected chi connectivity index (χ1v) is 5.13. The van der Waals surface area contributed by atoms with Gasteiger partial charge < -0.3 is 10.0 Å². The molecule has 0 bridgehead atoms. The number of hydrogen-bond donors (Lipinski definition) is 1. The molecule has 0 aromatic carbocycles. The van der Waals surface area contributed by atoms with Gasteiger partial charge >= 0.3 is 0 Å². The number of anilines is 1. The van der Waals surface area contributed by atoms with E-state index in [1.165, 1.54) is 0 Å². The maximum absolute atomic E-state index is 8.79. The van der Waals surface area contributed by atoms with Gasteiger partial charge in [0.15, 0.2) is 0 Å². The highest BCUT2D eigenvalue weighted by Gasteiger charge is 2.09. The van der Waals surface area contributed by atoms with E-state index in [0.717, 1.165) is 5.69 Å². The lowest BCUT2D eigenvalue weighted by atomic mass is 10.3. The summed E-state index contributed by atoms with van der Waals surface area (Å²) >= 11 is 11.7. The number of pyridine rings is 1. The van der Waals surface area contributed by atoms with E-state index in [9.17, 15) is 0 Å². The highest BCUT2D eigenvalue weighted by atomic mass is 35.5. The molecule has 0 fully saturated rings. The van der Waals surface area contributed by atoms with Crippen LogP contribution in [0.1, 0.15) is 5.69 Å². The van der Waals surface area contributed by atoms with Crippen molar-refractivity contribution in [3.05, 3.63) is 23.0 Å². The van der Waals surface area contributed by atoms with Gasteiger partial charge in [-0.2, -0.15) is 0 Å². The first kappa shape index (κ1) is 11.6. The number of rotatable bonds is 4. The molecule has 1 heterocycles. The minimum Gasteiger partial charge on any atom is -0.395 e. The Morgan fingerprint density at radius 1 is 1.57 bits per heavy atom. The van der Waals surface area contributed by atoms with E-state index in [4.69, 9.17) is 28.3 Å². The number of hydrogen-bond acceptors (Lipinski definition) is 3. The molecule has 78 valence electrons. The van der Waals surface area contributed by atoms with Gasteiger partial charge in [0.05, 0.1) is 28.9 Å². The highest BCUT2D eigenvalue weighted by molar-refractivity contribution is 6.34. The summed E-state index contributed by atoms with van der Waals surface area (Å²) in [6.45, 7) is 0.622. The van der Waals surface area contributed by atoms with E-state index >= 15 is 0 Å². The predicted octanol–water partition coefficient (Wildman–Crippen LogP) is 1.90. The quantitative estimate of drug-likeness (QED) is 0.809. The Kier molecular flexibility index (Phi) is 4.45. The van der Waals surface area contributed by atoms with E-state index in [1.807, 2.05) is 11.9 Å². The molecule has 0 aliphatic heterocycles. The zero-order valence-electron chi connectivity index (χ0n) is 7.87. The Morgan fingerprint density at radius 3 is 2.86 bits per heavy atom. The van der Waals surface area contributed by atoms with Gasteiger partial charge in [0.25, 0.3) is 0 Å². The predicted molar refractivity (Wildman–Crippen MR) is 59.2 cm³/mol. The molecule has 0 saturated heterocycles. The third-order valence-corrected chi connectivity index (χ3v) is 2.58. The number of nitrogens with zero attached hydrogens (tertiary/aromatic N) is 2. The summed E-state index contributed by atoms with van der Waals surface area (Å²) in [5.74, 6) is 0.291. The van der Waals surface area contributed by atoms with Crippen LogP contribution in [0, 0.1) is 0 Å². The van der Waals surface area contributed by atoms with Crippen molar-refractivity contribution < 1.29 is 5.11 Å². The van der Waals surface area contributed by atoms with E-state index in [0.29, 0.717) is 23.1 Å². The van der Waals surface area contributed by atoms with Gasteiger partial charge in [-0.15, -0.1) is 11.6 Å². The molecule has 1 aromatic rings.